The summed E-state index contributed by atoms with van der Waals surface area (Å²) < 4.78 is 154. The number of benzene rings is 6. The van der Waals surface area contributed by atoms with Gasteiger partial charge in [-0.3, -0.25) is 47.2 Å². The third-order valence-corrected chi connectivity index (χ3v) is 27.1. The number of hydrogen-bond donors (Lipinski definition) is 4. The van der Waals surface area contributed by atoms with Gasteiger partial charge in [-0.15, -0.1) is 20.4 Å². The predicted molar refractivity (Wildman–Crippen MR) is 483 cm³/mol. The molecular formula is C91H109Cl2N11O17S4. The van der Waals surface area contributed by atoms with E-state index < -0.39 is 74.9 Å². The maximum absolute atomic E-state index is 13.6. The zero-order valence-corrected chi connectivity index (χ0v) is 76.2. The van der Waals surface area contributed by atoms with Gasteiger partial charge in [0.2, 0.25) is 5.69 Å². The van der Waals surface area contributed by atoms with E-state index in [2.05, 4.69) is 20.4 Å². The summed E-state index contributed by atoms with van der Waals surface area (Å²) in [6.45, 7) is 10.8. The Morgan fingerprint density at radius 2 is 0.992 bits per heavy atom. The minimum Gasteiger partial charge on any atom is -0.748 e. The van der Waals surface area contributed by atoms with Crippen LogP contribution in [0.15, 0.2) is 177 Å². The van der Waals surface area contributed by atoms with Crippen LogP contribution in [0.4, 0.5) is 11.4 Å². The summed E-state index contributed by atoms with van der Waals surface area (Å²) in [5, 5.41) is 18.9. The minimum absolute atomic E-state index is 0.0583. The first-order valence-corrected chi connectivity index (χ1v) is 49.0. The van der Waals surface area contributed by atoms with E-state index in [0.29, 0.717) is 139 Å². The molecule has 0 bridgehead atoms. The number of fused-ring (bicyclic) bond motifs is 8. The maximum atomic E-state index is 13.6. The maximum Gasteiger partial charge on any atom is 0.294 e. The lowest BCUT2D eigenvalue weighted by molar-refractivity contribution is -0.438. The molecule has 4 aliphatic rings. The fraction of sp³-hybridized carbons (Fsp3) is 0.429. The van der Waals surface area contributed by atoms with E-state index in [4.69, 9.17) is 48.4 Å². The molecule has 0 saturated carbocycles. The normalized spacial score (nSPS) is 16.9. The molecule has 0 radical (unpaired) electrons. The van der Waals surface area contributed by atoms with Gasteiger partial charge in [0.25, 0.3) is 30.4 Å². The molecule has 0 saturated heterocycles. The van der Waals surface area contributed by atoms with Crippen LogP contribution >= 0.6 is 23.2 Å². The number of rotatable bonds is 43. The third-order valence-electron chi connectivity index (χ3n) is 23.3. The van der Waals surface area contributed by atoms with Gasteiger partial charge >= 0.3 is 0 Å². The molecule has 12 rings (SSSR count). The number of nitrogens with zero attached hydrogens (tertiary/aromatic N) is 10. The number of aliphatic imine (C=N–C) groups is 2. The Morgan fingerprint density at radius 1 is 0.528 bits per heavy atom. The number of anilines is 1. The fourth-order valence-corrected chi connectivity index (χ4v) is 19.2. The average Bonchev–Trinajstić information content (AvgIpc) is 1.59. The second-order valence-corrected chi connectivity index (χ2v) is 39.5. The van der Waals surface area contributed by atoms with Crippen molar-refractivity contribution in [2.75, 3.05) is 50.3 Å². The number of halogens is 2. The highest BCUT2D eigenvalue weighted by Crippen LogP contribution is 2.52. The Morgan fingerprint density at radius 3 is 1.48 bits per heavy atom. The number of allylic oxidation sites excluding steroid dienone is 6. The van der Waals surface area contributed by atoms with E-state index in [0.717, 1.165) is 114 Å². The van der Waals surface area contributed by atoms with Gasteiger partial charge in [0, 0.05) is 124 Å². The van der Waals surface area contributed by atoms with Crippen LogP contribution in [0.2, 0.25) is 10.0 Å². The van der Waals surface area contributed by atoms with Crippen molar-refractivity contribution in [1.82, 2.24) is 29.5 Å². The molecule has 668 valence electrons. The van der Waals surface area contributed by atoms with Crippen LogP contribution < -0.4 is 20.1 Å². The second kappa shape index (κ2) is 42.4. The minimum atomic E-state index is -4.64. The van der Waals surface area contributed by atoms with Gasteiger partial charge < -0.3 is 24.7 Å². The van der Waals surface area contributed by atoms with Gasteiger partial charge in [-0.1, -0.05) is 111 Å². The van der Waals surface area contributed by atoms with E-state index in [-0.39, 0.29) is 65.8 Å². The molecule has 28 nitrogen and oxygen atoms in total. The van der Waals surface area contributed by atoms with Crippen molar-refractivity contribution >= 4 is 110 Å². The Balaban J connectivity index is 0.000000370. The molecule has 8 aromatic rings. The summed E-state index contributed by atoms with van der Waals surface area (Å²) in [7, 11) is -14.7. The summed E-state index contributed by atoms with van der Waals surface area (Å²) in [5.74, 6) is 3.40. The number of unbranched alkanes of at least 4 members (excludes halogenated alkanes) is 11. The molecule has 34 heteroatoms. The van der Waals surface area contributed by atoms with Crippen molar-refractivity contribution in [2.24, 2.45) is 15.7 Å². The quantitative estimate of drug-likeness (QED) is 0.0119. The van der Waals surface area contributed by atoms with Gasteiger partial charge in [0.05, 0.1) is 68.1 Å². The van der Waals surface area contributed by atoms with E-state index in [1.54, 1.807) is 56.7 Å². The summed E-state index contributed by atoms with van der Waals surface area (Å²) in [5.41, 5.74) is 14.5. The van der Waals surface area contributed by atoms with Crippen LogP contribution in [0.5, 0.6) is 11.5 Å². The lowest BCUT2D eigenvalue weighted by atomic mass is 9.77. The molecule has 0 amide bonds. The first kappa shape index (κ1) is 96.1. The van der Waals surface area contributed by atoms with E-state index >= 15 is 0 Å². The van der Waals surface area contributed by atoms with Gasteiger partial charge in [0.1, 0.15) is 59.1 Å². The average molecular weight is 1830 g/mol. The summed E-state index contributed by atoms with van der Waals surface area (Å²) in [6, 6.07) is 34.2. The highest BCUT2D eigenvalue weighted by atomic mass is 35.5. The number of aromatic nitrogens is 6. The summed E-state index contributed by atoms with van der Waals surface area (Å²) >= 11 is 12.4. The largest absolute Gasteiger partial charge is 0.748 e. The predicted octanol–water partition coefficient (Wildman–Crippen LogP) is 16.7. The summed E-state index contributed by atoms with van der Waals surface area (Å²) in [6.07, 6.45) is 22.2. The smallest absolute Gasteiger partial charge is 0.294 e. The van der Waals surface area contributed by atoms with Gasteiger partial charge in [-0.05, 0) is 202 Å². The van der Waals surface area contributed by atoms with Crippen molar-refractivity contribution in [3.63, 3.8) is 0 Å². The van der Waals surface area contributed by atoms with Crippen molar-refractivity contribution in [2.45, 2.75) is 215 Å². The number of aryl methyl sites for hydroxylation is 2. The van der Waals surface area contributed by atoms with Gasteiger partial charge in [0.15, 0.2) is 17.4 Å². The second-order valence-electron chi connectivity index (χ2n) is 32.7. The number of ether oxygens (including phenoxy) is 2. The van der Waals surface area contributed by atoms with Crippen molar-refractivity contribution in [1.29, 1.82) is 0 Å². The van der Waals surface area contributed by atoms with Crippen LogP contribution in [0, 0.1) is 13.8 Å². The molecule has 0 aliphatic carbocycles. The molecular weight excluding hydrogens is 1720 g/mol. The summed E-state index contributed by atoms with van der Waals surface area (Å²) in [4.78, 5) is 51.4. The molecule has 3 atom stereocenters. The van der Waals surface area contributed by atoms with Gasteiger partial charge in [-0.25, -0.2) is 8.42 Å². The molecule has 125 heavy (non-hydrogen) atoms. The van der Waals surface area contributed by atoms with Crippen LogP contribution in [-0.2, 0) is 65.7 Å². The fourth-order valence-electron chi connectivity index (χ4n) is 16.8. The Bertz CT molecular complexity index is 5970. The van der Waals surface area contributed by atoms with Crippen molar-refractivity contribution in [3.05, 3.63) is 224 Å². The third kappa shape index (κ3) is 24.6. The topological polar surface area (TPSA) is 408 Å². The van der Waals surface area contributed by atoms with Gasteiger partial charge in [-0.2, -0.15) is 29.8 Å². The number of hydrogen-bond acceptors (Lipinski definition) is 22. The SMILES string of the molecule is COc1ccc2c(c1)C(c1ccc(Cl)cc1)=N[C@@H](CC(=O)CCCCCCCC(=O)CCCCCC1(C)/C(=C/C=C/C=C/C3=[N+](CCCCS(=O)(=O)O)c4ccc(S(=O)(=O)O)cc4C3(C)C)N(CCCCS(=O)(=O)[O-])c3ccc(S(=O)(=O)O)cc31)c1nnc(C)n1-2.COc1ccc2c(c1)C(c1ccc(Cl)cc1)=N[C@@H](CC(=O)CCCCCCN)c1nnc(C)n1-2. The molecule has 0 fully saturated rings. The number of carbonyl (C=O) groups excluding carboxylic acids is 3. The number of ketones is 3. The monoisotopic (exact) mass is 1830 g/mol. The Labute approximate surface area is 742 Å². The Kier molecular flexibility index (Phi) is 32.5. The molecule has 1 unspecified atom stereocenters. The molecule has 0 spiro atoms. The highest BCUT2D eigenvalue weighted by molar-refractivity contribution is 7.86. The van der Waals surface area contributed by atoms with E-state index in [1.807, 2.05) is 138 Å². The zero-order valence-electron chi connectivity index (χ0n) is 71.4. The number of Topliss-reactive ketones (excluding diaryl/α,β-unsaturated/α-hetero) is 3. The van der Waals surface area contributed by atoms with Crippen molar-refractivity contribution < 1.29 is 80.3 Å². The number of carbonyl (C=O) groups is 3. The molecule has 5 N–H and O–H groups in total. The van der Waals surface area contributed by atoms with E-state index in [9.17, 15) is 66.3 Å². The number of nitrogens with two attached hydrogens (primary N) is 1. The lowest BCUT2D eigenvalue weighted by Crippen LogP contribution is -2.29. The van der Waals surface area contributed by atoms with Crippen LogP contribution in [-0.4, -0.2) is 166 Å². The van der Waals surface area contributed by atoms with Crippen LogP contribution in [0.3, 0.4) is 0 Å². The first-order chi connectivity index (χ1) is 59.4. The highest BCUT2D eigenvalue weighted by Gasteiger charge is 2.46. The molecule has 2 aromatic heterocycles. The molecule has 6 aromatic carbocycles. The number of methoxy groups -OCH3 is 2. The lowest BCUT2D eigenvalue weighted by Gasteiger charge is -2.30. The standard InChI is InChI=1S/C65H79ClN6O15S4.C26H30ClN5O2/c1-45-68-69-63-56(67-62(46-26-28-47(66)29-27-46)53-42-50(87-5)30-33-57(53)72(45)63)41-49(74)23-12-8-6-7-11-21-48(73)22-13-10-16-36-65(4)55-44-52(91(84,85)86)32-35-59(55)71(38-18-20-40-89(78,79)80)61(65)25-15-9-14-24-60-64(2,3)54-43-51(90(81,82)83)31-34-58(54)70(60)37-17-19-39-88(75,76)77;1-17-30-31-26-23(15-20(33)7-5-3-4-6-14-28)29-25(18-8-10-19(27)11-9-18)22-16-21(34-2)12-13-24(22)32(17)26/h9,14-15,24-35,42-44,56H,6-8,10-13,16-23,36-41H2,1-5H3,(H3-,75,76,77,78,79,80,81,82,83,84,85,86);8-13,16,23H,3-7,14-15,28H2,1-2H3/t56-,65?;23-/m00/s1. The van der Waals surface area contributed by atoms with E-state index in [1.165, 1.54) is 24.3 Å². The van der Waals surface area contributed by atoms with Crippen LogP contribution in [0.25, 0.3) is 11.4 Å². The Hall–Kier alpha value is -9.58. The molecule has 4 aliphatic heterocycles. The molecule has 6 heterocycles. The zero-order chi connectivity index (χ0) is 90.2. The van der Waals surface area contributed by atoms with Crippen LogP contribution in [0.1, 0.15) is 237 Å². The first-order valence-electron chi connectivity index (χ1n) is 42.2. The van der Waals surface area contributed by atoms with Crippen molar-refractivity contribution in [3.8, 4) is 22.9 Å².